The standard InChI is InChI=1S/C11H10FNO2/c12-10-3-1-8(2-4-10)5-9(7-13)6-11(14)15/h1-4,9H,5-6H2,(H,14,15). The van der Waals surface area contributed by atoms with Gasteiger partial charge >= 0.3 is 5.97 Å². The van der Waals surface area contributed by atoms with Gasteiger partial charge in [-0.15, -0.1) is 0 Å². The van der Waals surface area contributed by atoms with Crippen molar-refractivity contribution in [3.05, 3.63) is 35.6 Å². The Hall–Kier alpha value is -1.89. The van der Waals surface area contributed by atoms with E-state index in [1.807, 2.05) is 6.07 Å². The molecule has 0 aliphatic heterocycles. The highest BCUT2D eigenvalue weighted by molar-refractivity contribution is 5.67. The molecule has 0 aromatic heterocycles. The summed E-state index contributed by atoms with van der Waals surface area (Å²) in [5.41, 5.74) is 0.768. The van der Waals surface area contributed by atoms with Gasteiger partial charge in [0, 0.05) is 0 Å². The van der Waals surface area contributed by atoms with Gasteiger partial charge in [-0.25, -0.2) is 4.39 Å². The van der Waals surface area contributed by atoms with Crippen molar-refractivity contribution in [1.82, 2.24) is 0 Å². The molecule has 0 heterocycles. The first kappa shape index (κ1) is 11.2. The average Bonchev–Trinajstić information content (AvgIpc) is 2.19. The summed E-state index contributed by atoms with van der Waals surface area (Å²) in [6.45, 7) is 0. The number of hydrogen-bond donors (Lipinski definition) is 1. The Morgan fingerprint density at radius 3 is 2.53 bits per heavy atom. The van der Waals surface area contributed by atoms with Crippen molar-refractivity contribution in [2.24, 2.45) is 5.92 Å². The van der Waals surface area contributed by atoms with Crippen molar-refractivity contribution in [2.75, 3.05) is 0 Å². The van der Waals surface area contributed by atoms with Crippen LogP contribution in [0.15, 0.2) is 24.3 Å². The highest BCUT2D eigenvalue weighted by Gasteiger charge is 2.12. The topological polar surface area (TPSA) is 61.1 Å². The van der Waals surface area contributed by atoms with Crippen LogP contribution < -0.4 is 0 Å². The molecule has 0 aliphatic rings. The summed E-state index contributed by atoms with van der Waals surface area (Å²) in [7, 11) is 0. The summed E-state index contributed by atoms with van der Waals surface area (Å²) in [5, 5.41) is 17.2. The Morgan fingerprint density at radius 1 is 1.47 bits per heavy atom. The molecule has 0 saturated carbocycles. The Morgan fingerprint density at radius 2 is 2.07 bits per heavy atom. The third-order valence-corrected chi connectivity index (χ3v) is 2.00. The molecule has 0 bridgehead atoms. The largest absolute Gasteiger partial charge is 0.481 e. The molecule has 0 spiro atoms. The molecule has 78 valence electrons. The lowest BCUT2D eigenvalue weighted by Gasteiger charge is -2.05. The van der Waals surface area contributed by atoms with Crippen molar-refractivity contribution in [3.8, 4) is 6.07 Å². The van der Waals surface area contributed by atoms with Gasteiger partial charge in [-0.05, 0) is 24.1 Å². The van der Waals surface area contributed by atoms with E-state index in [-0.39, 0.29) is 12.2 Å². The van der Waals surface area contributed by atoms with Crippen LogP contribution in [0.3, 0.4) is 0 Å². The van der Waals surface area contributed by atoms with Crippen molar-refractivity contribution in [2.45, 2.75) is 12.8 Å². The first-order valence-electron chi connectivity index (χ1n) is 4.47. The second-order valence-electron chi connectivity index (χ2n) is 3.25. The maximum Gasteiger partial charge on any atom is 0.304 e. The molecular weight excluding hydrogens is 197 g/mol. The lowest BCUT2D eigenvalue weighted by Crippen LogP contribution is -2.08. The highest BCUT2D eigenvalue weighted by Crippen LogP contribution is 2.12. The third kappa shape index (κ3) is 3.77. The second-order valence-corrected chi connectivity index (χ2v) is 3.25. The predicted molar refractivity (Wildman–Crippen MR) is 51.5 cm³/mol. The molecular formula is C11H10FNO2. The number of carboxylic acids is 1. The molecule has 15 heavy (non-hydrogen) atoms. The molecule has 0 aliphatic carbocycles. The maximum atomic E-state index is 12.6. The molecule has 1 unspecified atom stereocenters. The summed E-state index contributed by atoms with van der Waals surface area (Å²) >= 11 is 0. The van der Waals surface area contributed by atoms with E-state index in [1.54, 1.807) is 12.1 Å². The molecule has 3 nitrogen and oxygen atoms in total. The Balaban J connectivity index is 2.63. The minimum atomic E-state index is -0.997. The van der Waals surface area contributed by atoms with Crippen LogP contribution in [0.25, 0.3) is 0 Å². The average molecular weight is 207 g/mol. The predicted octanol–water partition coefficient (Wildman–Crippen LogP) is 1.98. The quantitative estimate of drug-likeness (QED) is 0.821. The number of halogens is 1. The van der Waals surface area contributed by atoms with E-state index in [0.29, 0.717) is 6.42 Å². The zero-order valence-corrected chi connectivity index (χ0v) is 7.98. The molecule has 1 N–H and O–H groups in total. The van der Waals surface area contributed by atoms with Gasteiger partial charge in [-0.3, -0.25) is 4.79 Å². The molecule has 0 fully saturated rings. The van der Waals surface area contributed by atoms with Crippen molar-refractivity contribution in [1.29, 1.82) is 5.26 Å². The second kappa shape index (κ2) is 5.11. The minimum absolute atomic E-state index is 0.187. The Labute approximate surface area is 86.8 Å². The van der Waals surface area contributed by atoms with Gasteiger partial charge in [0.25, 0.3) is 0 Å². The van der Waals surface area contributed by atoms with E-state index in [9.17, 15) is 9.18 Å². The fourth-order valence-electron chi connectivity index (χ4n) is 1.28. The fourth-order valence-corrected chi connectivity index (χ4v) is 1.28. The third-order valence-electron chi connectivity index (χ3n) is 2.00. The lowest BCUT2D eigenvalue weighted by molar-refractivity contribution is -0.137. The summed E-state index contributed by atoms with van der Waals surface area (Å²) in [5.74, 6) is -1.90. The molecule has 1 atom stereocenters. The first-order valence-corrected chi connectivity index (χ1v) is 4.47. The molecule has 0 radical (unpaired) electrons. The number of carbonyl (C=O) groups is 1. The van der Waals surface area contributed by atoms with E-state index in [2.05, 4.69) is 0 Å². The molecule has 1 aromatic rings. The minimum Gasteiger partial charge on any atom is -0.481 e. The van der Waals surface area contributed by atoms with Crippen LogP contribution in [0.2, 0.25) is 0 Å². The van der Waals surface area contributed by atoms with Crippen LogP contribution >= 0.6 is 0 Å². The van der Waals surface area contributed by atoms with Gasteiger partial charge in [-0.2, -0.15) is 5.26 Å². The number of rotatable bonds is 4. The molecule has 1 aromatic carbocycles. The monoisotopic (exact) mass is 207 g/mol. The zero-order chi connectivity index (χ0) is 11.3. The van der Waals surface area contributed by atoms with Crippen LogP contribution in [0.4, 0.5) is 4.39 Å². The fraction of sp³-hybridized carbons (Fsp3) is 0.273. The Kier molecular flexibility index (Phi) is 3.81. The van der Waals surface area contributed by atoms with E-state index < -0.39 is 11.9 Å². The molecule has 1 rings (SSSR count). The van der Waals surface area contributed by atoms with Crippen molar-refractivity contribution >= 4 is 5.97 Å². The summed E-state index contributed by atoms with van der Waals surface area (Å²) in [6, 6.07) is 7.63. The first-order chi connectivity index (χ1) is 7.11. The van der Waals surface area contributed by atoms with Crippen molar-refractivity contribution < 1.29 is 14.3 Å². The van der Waals surface area contributed by atoms with E-state index >= 15 is 0 Å². The number of nitrogens with zero attached hydrogens (tertiary/aromatic N) is 1. The number of carboxylic acid groups (broad SMARTS) is 1. The lowest BCUT2D eigenvalue weighted by atomic mass is 9.98. The van der Waals surface area contributed by atoms with E-state index in [1.165, 1.54) is 12.1 Å². The van der Waals surface area contributed by atoms with Crippen LogP contribution in [0.1, 0.15) is 12.0 Å². The van der Waals surface area contributed by atoms with Gasteiger partial charge in [0.1, 0.15) is 5.82 Å². The number of nitriles is 1. The smallest absolute Gasteiger partial charge is 0.304 e. The van der Waals surface area contributed by atoms with Crippen LogP contribution in [0, 0.1) is 23.1 Å². The summed E-state index contributed by atoms with van der Waals surface area (Å²) in [6.07, 6.45) is 0.150. The number of hydrogen-bond acceptors (Lipinski definition) is 2. The van der Waals surface area contributed by atoms with Crippen LogP contribution in [-0.2, 0) is 11.2 Å². The maximum absolute atomic E-state index is 12.6. The van der Waals surface area contributed by atoms with Gasteiger partial charge < -0.3 is 5.11 Å². The number of aliphatic carboxylic acids is 1. The van der Waals surface area contributed by atoms with E-state index in [0.717, 1.165) is 5.56 Å². The summed E-state index contributed by atoms with van der Waals surface area (Å²) < 4.78 is 12.6. The van der Waals surface area contributed by atoms with E-state index in [4.69, 9.17) is 10.4 Å². The number of benzene rings is 1. The van der Waals surface area contributed by atoms with Gasteiger partial charge in [-0.1, -0.05) is 12.1 Å². The molecule has 4 heteroatoms. The van der Waals surface area contributed by atoms with Gasteiger partial charge in [0.2, 0.25) is 0 Å². The molecule has 0 saturated heterocycles. The van der Waals surface area contributed by atoms with Crippen LogP contribution in [-0.4, -0.2) is 11.1 Å². The summed E-state index contributed by atoms with van der Waals surface area (Å²) in [4.78, 5) is 10.4. The van der Waals surface area contributed by atoms with Gasteiger partial charge in [0.05, 0.1) is 18.4 Å². The SMILES string of the molecule is N#CC(CC(=O)O)Cc1ccc(F)cc1. The van der Waals surface area contributed by atoms with Crippen LogP contribution in [0.5, 0.6) is 0 Å². The molecule has 0 amide bonds. The Bertz CT molecular complexity index is 381. The normalized spacial score (nSPS) is 11.7. The van der Waals surface area contributed by atoms with Gasteiger partial charge in [0.15, 0.2) is 0 Å². The van der Waals surface area contributed by atoms with Crippen molar-refractivity contribution in [3.63, 3.8) is 0 Å². The highest BCUT2D eigenvalue weighted by atomic mass is 19.1. The zero-order valence-electron chi connectivity index (χ0n) is 7.98.